The number of carbonyl (C=O) groups excluding carboxylic acids is 3. The Balaban J connectivity index is 1.04. The zero-order valence-corrected chi connectivity index (χ0v) is 27.3. The number of allylic oxidation sites excluding steroid dienone is 1. The minimum Gasteiger partial charge on any atom is -0.457 e. The van der Waals surface area contributed by atoms with Crippen LogP contribution in [0.1, 0.15) is 88.8 Å². The van der Waals surface area contributed by atoms with E-state index in [1.165, 1.54) is 5.57 Å². The van der Waals surface area contributed by atoms with Gasteiger partial charge in [-0.3, -0.25) is 14.4 Å². The highest BCUT2D eigenvalue weighted by Crippen LogP contribution is 2.67. The number of nitrogens with zero attached hydrogens (tertiary/aromatic N) is 2. The van der Waals surface area contributed by atoms with E-state index in [4.69, 9.17) is 14.5 Å². The summed E-state index contributed by atoms with van der Waals surface area (Å²) < 4.78 is 13.6. The van der Waals surface area contributed by atoms with E-state index >= 15 is 0 Å². The second-order valence-corrected chi connectivity index (χ2v) is 15.7. The van der Waals surface area contributed by atoms with Crippen LogP contribution in [0.4, 0.5) is 0 Å². The lowest BCUT2D eigenvalue weighted by Gasteiger charge is -2.58. The molecule has 0 N–H and O–H groups in total. The van der Waals surface area contributed by atoms with Gasteiger partial charge in [0.2, 0.25) is 5.60 Å². The van der Waals surface area contributed by atoms with Gasteiger partial charge < -0.3 is 14.0 Å². The molecule has 6 unspecified atom stereocenters. The number of hydrogen-bond acceptors (Lipinski definition) is 7. The van der Waals surface area contributed by atoms with Crippen molar-refractivity contribution in [1.29, 1.82) is 0 Å². The summed E-state index contributed by atoms with van der Waals surface area (Å²) in [7, 11) is 0. The number of pyridine rings is 2. The van der Waals surface area contributed by atoms with Crippen molar-refractivity contribution < 1.29 is 23.9 Å². The summed E-state index contributed by atoms with van der Waals surface area (Å²) in [5.74, 6) is 0.301. The number of ketones is 1. The van der Waals surface area contributed by atoms with Gasteiger partial charge in [0.1, 0.15) is 6.61 Å². The molecule has 6 aliphatic rings. The molecule has 9 rings (SSSR count). The normalized spacial score (nSPS) is 35.1. The van der Waals surface area contributed by atoms with Crippen molar-refractivity contribution in [2.24, 2.45) is 34.5 Å². The minimum atomic E-state index is -1.74. The zero-order chi connectivity index (χ0) is 32.5. The fourth-order valence-electron chi connectivity index (χ4n) is 11.0. The molecule has 3 saturated carbocycles. The maximum Gasteiger partial charge on any atom is 0.355 e. The van der Waals surface area contributed by atoms with Crippen molar-refractivity contribution in [3.05, 3.63) is 75.1 Å². The lowest BCUT2D eigenvalue weighted by Crippen LogP contribution is -2.52. The Morgan fingerprint density at radius 1 is 0.979 bits per heavy atom. The van der Waals surface area contributed by atoms with E-state index in [9.17, 15) is 19.2 Å². The van der Waals surface area contributed by atoms with E-state index in [-0.39, 0.29) is 40.7 Å². The number of aromatic nitrogens is 2. The SMILES string of the molecule is CC12CCC(=O)C=C1CCC1C2CCC2(C)C(C(=O)O[C@]3(C)C(=O)OCc4c3cc3n(c4=O)Cc4cc5ccccc5nc4-3)CCC12. The molecule has 7 atom stereocenters. The Morgan fingerprint density at radius 3 is 2.66 bits per heavy atom. The van der Waals surface area contributed by atoms with Gasteiger partial charge in [-0.1, -0.05) is 37.6 Å². The smallest absolute Gasteiger partial charge is 0.355 e. The molecule has 1 aromatic carbocycles. The van der Waals surface area contributed by atoms with Crippen molar-refractivity contribution in [3.8, 4) is 11.4 Å². The van der Waals surface area contributed by atoms with E-state index in [1.807, 2.05) is 36.4 Å². The Bertz CT molecular complexity index is 2030. The van der Waals surface area contributed by atoms with Crippen LogP contribution >= 0.6 is 0 Å². The van der Waals surface area contributed by atoms with Gasteiger partial charge in [0, 0.05) is 22.9 Å². The van der Waals surface area contributed by atoms with E-state index in [1.54, 1.807) is 11.5 Å². The van der Waals surface area contributed by atoms with Gasteiger partial charge in [0.15, 0.2) is 5.78 Å². The van der Waals surface area contributed by atoms with Crippen LogP contribution in [0.5, 0.6) is 0 Å². The second-order valence-electron chi connectivity index (χ2n) is 15.7. The second kappa shape index (κ2) is 9.74. The lowest BCUT2D eigenvalue weighted by molar-refractivity contribution is -0.192. The summed E-state index contributed by atoms with van der Waals surface area (Å²) in [6.07, 6.45) is 9.11. The third-order valence-corrected chi connectivity index (χ3v) is 13.6. The van der Waals surface area contributed by atoms with Gasteiger partial charge in [-0.05, 0) is 105 Å². The summed E-state index contributed by atoms with van der Waals surface area (Å²) in [5, 5.41) is 1.000. The highest BCUT2D eigenvalue weighted by Gasteiger charge is 2.61. The average Bonchev–Trinajstić information content (AvgIpc) is 3.60. The molecule has 2 aliphatic heterocycles. The third-order valence-electron chi connectivity index (χ3n) is 13.6. The van der Waals surface area contributed by atoms with Crippen LogP contribution < -0.4 is 5.56 Å². The first-order valence-corrected chi connectivity index (χ1v) is 17.3. The van der Waals surface area contributed by atoms with Gasteiger partial charge in [0.05, 0.1) is 34.9 Å². The van der Waals surface area contributed by atoms with Crippen LogP contribution in [-0.2, 0) is 42.6 Å². The van der Waals surface area contributed by atoms with Gasteiger partial charge in [-0.15, -0.1) is 0 Å². The number of cyclic esters (lactones) is 1. The van der Waals surface area contributed by atoms with Crippen LogP contribution in [0, 0.1) is 34.5 Å². The number of para-hydroxylation sites is 1. The molecule has 4 aliphatic carbocycles. The molecule has 0 amide bonds. The summed E-state index contributed by atoms with van der Waals surface area (Å²) in [6.45, 7) is 6.44. The number of carbonyl (C=O) groups is 3. The van der Waals surface area contributed by atoms with Gasteiger partial charge >= 0.3 is 11.9 Å². The standard InChI is InChI=1S/C39H40N2O6/c1-37-14-12-24(42)17-23(37)8-9-25-27-10-11-29(38(27,2)15-13-28(25)37)35(44)47-39(3)30-18-32-33-22(16-21-6-4-5-7-31(21)40-33)19-41(32)34(43)26(30)20-46-36(39)45/h4-7,16-18,25,27-29H,8-15,19-20H2,1-3H3/t25?,27?,28?,29?,37?,38?,39-/m0/s1. The Morgan fingerprint density at radius 2 is 1.81 bits per heavy atom. The molecule has 8 nitrogen and oxygen atoms in total. The van der Waals surface area contributed by atoms with Crippen molar-refractivity contribution >= 4 is 28.6 Å². The van der Waals surface area contributed by atoms with E-state index in [0.717, 1.165) is 61.4 Å². The van der Waals surface area contributed by atoms with E-state index in [0.29, 0.717) is 53.2 Å². The number of esters is 2. The van der Waals surface area contributed by atoms with Crippen LogP contribution in [0.15, 0.2) is 52.8 Å². The monoisotopic (exact) mass is 632 g/mol. The molecule has 242 valence electrons. The van der Waals surface area contributed by atoms with Gasteiger partial charge in [0.25, 0.3) is 5.56 Å². The van der Waals surface area contributed by atoms with Crippen molar-refractivity contribution in [3.63, 3.8) is 0 Å². The summed E-state index contributed by atoms with van der Waals surface area (Å²) in [6, 6.07) is 11.7. The molecule has 2 aromatic heterocycles. The first kappa shape index (κ1) is 29.1. The molecule has 0 bridgehead atoms. The summed E-state index contributed by atoms with van der Waals surface area (Å²) >= 11 is 0. The van der Waals surface area contributed by atoms with Gasteiger partial charge in [-0.25, -0.2) is 9.78 Å². The molecular weight excluding hydrogens is 592 g/mol. The maximum absolute atomic E-state index is 14.3. The number of hydrogen-bond donors (Lipinski definition) is 0. The van der Waals surface area contributed by atoms with Crippen LogP contribution in [0.3, 0.4) is 0 Å². The summed E-state index contributed by atoms with van der Waals surface area (Å²) in [5.41, 5.74) is 3.03. The third kappa shape index (κ3) is 3.90. The molecule has 47 heavy (non-hydrogen) atoms. The number of benzene rings is 1. The fourth-order valence-corrected chi connectivity index (χ4v) is 11.0. The predicted octanol–water partition coefficient (Wildman–Crippen LogP) is 6.39. The maximum atomic E-state index is 14.3. The first-order valence-electron chi connectivity index (χ1n) is 17.3. The highest BCUT2D eigenvalue weighted by atomic mass is 16.6. The number of rotatable bonds is 2. The Labute approximate surface area is 273 Å². The Kier molecular flexibility index (Phi) is 6.03. The summed E-state index contributed by atoms with van der Waals surface area (Å²) in [4.78, 5) is 58.9. The highest BCUT2D eigenvalue weighted by molar-refractivity contribution is 5.92. The molecule has 4 heterocycles. The minimum absolute atomic E-state index is 0.0634. The van der Waals surface area contributed by atoms with Crippen molar-refractivity contribution in [2.75, 3.05) is 0 Å². The zero-order valence-electron chi connectivity index (χ0n) is 27.3. The predicted molar refractivity (Wildman–Crippen MR) is 174 cm³/mol. The number of ether oxygens (including phenoxy) is 2. The van der Waals surface area contributed by atoms with Gasteiger partial charge in [-0.2, -0.15) is 0 Å². The largest absolute Gasteiger partial charge is 0.457 e. The molecule has 0 spiro atoms. The van der Waals surface area contributed by atoms with Crippen LogP contribution in [0.25, 0.3) is 22.3 Å². The molecule has 0 radical (unpaired) electrons. The fraction of sp³-hybridized carbons (Fsp3) is 0.513. The first-order chi connectivity index (χ1) is 22.5. The lowest BCUT2D eigenvalue weighted by atomic mass is 9.47. The van der Waals surface area contributed by atoms with Crippen molar-refractivity contribution in [2.45, 2.75) is 90.9 Å². The van der Waals surface area contributed by atoms with E-state index in [2.05, 4.69) is 19.9 Å². The van der Waals surface area contributed by atoms with Crippen molar-refractivity contribution in [1.82, 2.24) is 9.55 Å². The molecule has 8 heteroatoms. The number of fused-ring (bicyclic) bond motifs is 10. The molecule has 3 fully saturated rings. The van der Waals surface area contributed by atoms with E-state index < -0.39 is 11.6 Å². The molecule has 3 aromatic rings. The average molecular weight is 633 g/mol. The molecule has 0 saturated heterocycles. The Hall–Kier alpha value is -4.07. The quantitative estimate of drug-likeness (QED) is 0.236. The van der Waals surface area contributed by atoms with Crippen LogP contribution in [-0.4, -0.2) is 27.3 Å². The topological polar surface area (TPSA) is 105 Å². The molecular formula is C39H40N2O6. The van der Waals surface area contributed by atoms with Crippen LogP contribution in [0.2, 0.25) is 0 Å².